The van der Waals surface area contributed by atoms with Crippen molar-refractivity contribution in [2.24, 2.45) is 5.92 Å². The third-order valence-corrected chi connectivity index (χ3v) is 3.35. The van der Waals surface area contributed by atoms with Crippen molar-refractivity contribution in [2.45, 2.75) is 33.6 Å². The molecule has 1 saturated carbocycles. The number of carbonyl (C=O) groups excluding carboxylic acids is 1. The first-order chi connectivity index (χ1) is 11.6. The molecule has 0 bridgehead atoms. The van der Waals surface area contributed by atoms with Gasteiger partial charge in [-0.25, -0.2) is 0 Å². The first kappa shape index (κ1) is 19.4. The third kappa shape index (κ3) is 6.65. The lowest BCUT2D eigenvalue weighted by molar-refractivity contribution is -0.117. The van der Waals surface area contributed by atoms with Gasteiger partial charge in [-0.2, -0.15) is 0 Å². The summed E-state index contributed by atoms with van der Waals surface area (Å²) in [6, 6.07) is 17.0. The first-order valence-corrected chi connectivity index (χ1v) is 8.34. The average Bonchev–Trinajstić information content (AvgIpc) is 3.43. The highest BCUT2D eigenvalue weighted by molar-refractivity contribution is 6.00. The maximum Gasteiger partial charge on any atom is 0.227 e. The van der Waals surface area contributed by atoms with E-state index in [4.69, 9.17) is 11.1 Å². The minimum atomic E-state index is 0.168. The van der Waals surface area contributed by atoms with E-state index >= 15 is 0 Å². The van der Waals surface area contributed by atoms with Crippen LogP contribution in [0.1, 0.15) is 39.2 Å². The predicted molar refractivity (Wildman–Crippen MR) is 103 cm³/mol. The summed E-state index contributed by atoms with van der Waals surface area (Å²) in [6.45, 7) is 5.73. The van der Waals surface area contributed by atoms with E-state index in [2.05, 4.69) is 5.32 Å². The molecule has 24 heavy (non-hydrogen) atoms. The molecular weight excluding hydrogens is 298 g/mol. The number of nitrogens with two attached hydrogens (primary N) is 1. The van der Waals surface area contributed by atoms with E-state index < -0.39 is 0 Å². The number of rotatable bonds is 3. The summed E-state index contributed by atoms with van der Waals surface area (Å²) >= 11 is 0. The van der Waals surface area contributed by atoms with Crippen LogP contribution in [0.4, 0.5) is 11.4 Å². The molecule has 2 aromatic rings. The van der Waals surface area contributed by atoms with Crippen LogP contribution in [0.15, 0.2) is 54.6 Å². The van der Waals surface area contributed by atoms with Gasteiger partial charge in [-0.3, -0.25) is 4.79 Å². The highest BCUT2D eigenvalue weighted by Gasteiger charge is 2.29. The van der Waals surface area contributed by atoms with Crippen molar-refractivity contribution < 1.29 is 4.79 Å². The molecule has 3 rings (SSSR count). The van der Waals surface area contributed by atoms with Gasteiger partial charge in [0.2, 0.25) is 5.91 Å². The van der Waals surface area contributed by atoms with Gasteiger partial charge in [-0.1, -0.05) is 50.2 Å². The Kier molecular flexibility index (Phi) is 8.26. The molecule has 128 valence electrons. The van der Waals surface area contributed by atoms with Crippen molar-refractivity contribution in [1.82, 2.24) is 0 Å². The molecule has 0 spiro atoms. The molecule has 4 N–H and O–H groups in total. The minimum absolute atomic E-state index is 0.168. The summed E-state index contributed by atoms with van der Waals surface area (Å²) in [5.74, 6) is 0.450. The van der Waals surface area contributed by atoms with Crippen LogP contribution in [0.2, 0.25) is 0 Å². The van der Waals surface area contributed by atoms with Crippen molar-refractivity contribution in [3.8, 4) is 0 Å². The van der Waals surface area contributed by atoms with E-state index in [0.29, 0.717) is 11.4 Å². The Morgan fingerprint density at radius 3 is 2.04 bits per heavy atom. The van der Waals surface area contributed by atoms with E-state index in [1.807, 2.05) is 62.4 Å². The van der Waals surface area contributed by atoms with Crippen molar-refractivity contribution in [3.05, 3.63) is 60.2 Å². The summed E-state index contributed by atoms with van der Waals surface area (Å²) in [4.78, 5) is 11.3. The van der Waals surface area contributed by atoms with Crippen LogP contribution in [-0.4, -0.2) is 11.6 Å². The van der Waals surface area contributed by atoms with Crippen LogP contribution in [0, 0.1) is 11.3 Å². The Morgan fingerprint density at radius 1 is 1.04 bits per heavy atom. The Balaban J connectivity index is 0.000000221. The number of para-hydroxylation sites is 2. The lowest BCUT2D eigenvalue weighted by Crippen LogP contribution is -2.12. The van der Waals surface area contributed by atoms with Gasteiger partial charge in [0.05, 0.1) is 0 Å². The number of hydrogen-bond acceptors (Lipinski definition) is 3. The van der Waals surface area contributed by atoms with Gasteiger partial charge in [-0.15, -0.1) is 0 Å². The fourth-order valence-corrected chi connectivity index (χ4v) is 1.95. The SMILES string of the molecule is CC.CC(=N)c1ccccc1N.O=C(Nc1ccccc1)C1CC1. The molecule has 1 aliphatic rings. The van der Waals surface area contributed by atoms with Crippen molar-refractivity contribution in [1.29, 1.82) is 5.41 Å². The Bertz CT molecular complexity index is 649. The van der Waals surface area contributed by atoms with Crippen LogP contribution >= 0.6 is 0 Å². The van der Waals surface area contributed by atoms with Crippen molar-refractivity contribution in [2.75, 3.05) is 11.1 Å². The van der Waals surface area contributed by atoms with Gasteiger partial charge >= 0.3 is 0 Å². The summed E-state index contributed by atoms with van der Waals surface area (Å²) in [5.41, 5.74) is 8.49. The summed E-state index contributed by atoms with van der Waals surface area (Å²) in [7, 11) is 0. The molecule has 0 unspecified atom stereocenters. The number of nitrogen functional groups attached to an aromatic ring is 1. The summed E-state index contributed by atoms with van der Waals surface area (Å²) in [6.07, 6.45) is 2.11. The van der Waals surface area contributed by atoms with Gasteiger partial charge < -0.3 is 16.5 Å². The van der Waals surface area contributed by atoms with Crippen molar-refractivity contribution >= 4 is 23.0 Å². The molecule has 1 aliphatic carbocycles. The van der Waals surface area contributed by atoms with E-state index in [1.165, 1.54) is 0 Å². The minimum Gasteiger partial charge on any atom is -0.398 e. The number of carbonyl (C=O) groups is 1. The second kappa shape index (κ2) is 10.2. The zero-order valence-corrected chi connectivity index (χ0v) is 14.7. The van der Waals surface area contributed by atoms with E-state index in [0.717, 1.165) is 24.1 Å². The molecule has 0 aliphatic heterocycles. The molecule has 4 nitrogen and oxygen atoms in total. The normalized spacial score (nSPS) is 12.0. The van der Waals surface area contributed by atoms with Crippen molar-refractivity contribution in [3.63, 3.8) is 0 Å². The fraction of sp³-hybridized carbons (Fsp3) is 0.300. The molecule has 0 aromatic heterocycles. The standard InChI is InChI=1S/C10H11NO.C8H10N2.C2H6/c12-10(8-6-7-8)11-9-4-2-1-3-5-9;1-6(9)7-4-2-3-5-8(7)10;1-2/h1-5,8H,6-7H2,(H,11,12);2-5,9H,10H2,1H3;1-2H3. The Morgan fingerprint density at radius 2 is 1.58 bits per heavy atom. The Hall–Kier alpha value is -2.62. The second-order valence-electron chi connectivity index (χ2n) is 5.34. The Labute approximate surface area is 144 Å². The smallest absolute Gasteiger partial charge is 0.227 e. The van der Waals surface area contributed by atoms with E-state index in [1.54, 1.807) is 13.0 Å². The average molecular weight is 325 g/mol. The van der Waals surface area contributed by atoms with E-state index in [-0.39, 0.29) is 11.8 Å². The number of nitrogens with one attached hydrogen (secondary N) is 2. The number of amides is 1. The van der Waals surface area contributed by atoms with E-state index in [9.17, 15) is 4.79 Å². The number of benzene rings is 2. The van der Waals surface area contributed by atoms with Crippen LogP contribution in [0.25, 0.3) is 0 Å². The van der Waals surface area contributed by atoms with Crippen LogP contribution in [-0.2, 0) is 4.79 Å². The molecule has 1 amide bonds. The monoisotopic (exact) mass is 325 g/mol. The first-order valence-electron chi connectivity index (χ1n) is 8.34. The zero-order valence-electron chi connectivity index (χ0n) is 14.7. The lowest BCUT2D eigenvalue weighted by Gasteiger charge is -2.01. The molecule has 0 saturated heterocycles. The topological polar surface area (TPSA) is 79.0 Å². The molecule has 2 aromatic carbocycles. The van der Waals surface area contributed by atoms with Gasteiger partial charge in [0, 0.05) is 28.6 Å². The molecule has 0 radical (unpaired) electrons. The van der Waals surface area contributed by atoms with Crippen LogP contribution < -0.4 is 11.1 Å². The fourth-order valence-electron chi connectivity index (χ4n) is 1.95. The highest BCUT2D eigenvalue weighted by Crippen LogP contribution is 2.30. The largest absolute Gasteiger partial charge is 0.398 e. The second-order valence-corrected chi connectivity index (χ2v) is 5.34. The highest BCUT2D eigenvalue weighted by atomic mass is 16.2. The van der Waals surface area contributed by atoms with Crippen LogP contribution in [0.5, 0.6) is 0 Å². The maximum atomic E-state index is 11.3. The van der Waals surface area contributed by atoms with Gasteiger partial charge in [0.1, 0.15) is 0 Å². The van der Waals surface area contributed by atoms with Gasteiger partial charge in [-0.05, 0) is 38.0 Å². The zero-order chi connectivity index (χ0) is 17.9. The molecular formula is C20H27N3O. The maximum absolute atomic E-state index is 11.3. The number of hydrogen-bond donors (Lipinski definition) is 3. The number of anilines is 2. The summed E-state index contributed by atoms with van der Waals surface area (Å²) < 4.78 is 0. The quantitative estimate of drug-likeness (QED) is 0.564. The summed E-state index contributed by atoms with van der Waals surface area (Å²) in [5, 5.41) is 10.2. The molecule has 4 heteroatoms. The molecule has 0 heterocycles. The van der Waals surface area contributed by atoms with Gasteiger partial charge in [0.15, 0.2) is 0 Å². The molecule has 0 atom stereocenters. The third-order valence-electron chi connectivity index (χ3n) is 3.35. The lowest BCUT2D eigenvalue weighted by atomic mass is 10.1. The predicted octanol–water partition coefficient (Wildman–Crippen LogP) is 4.72. The molecule has 1 fully saturated rings. The van der Waals surface area contributed by atoms with Crippen LogP contribution in [0.3, 0.4) is 0 Å². The van der Waals surface area contributed by atoms with Gasteiger partial charge in [0.25, 0.3) is 0 Å².